The van der Waals surface area contributed by atoms with E-state index in [1.54, 1.807) is 23.6 Å². The van der Waals surface area contributed by atoms with Gasteiger partial charge in [0.15, 0.2) is 0 Å². The molecule has 126 valence electrons. The molecule has 1 atom stereocenters. The SMILES string of the molecule is O=C1C=C(c2ccccc2)C(c2cccs2)N1CCCn1ccnc1. The first kappa shape index (κ1) is 15.8. The first-order valence-corrected chi connectivity index (χ1v) is 9.27. The predicted octanol–water partition coefficient (Wildman–Crippen LogP) is 4.00. The van der Waals surface area contributed by atoms with Gasteiger partial charge in [-0.3, -0.25) is 4.79 Å². The van der Waals surface area contributed by atoms with Crippen molar-refractivity contribution in [3.63, 3.8) is 0 Å². The molecule has 0 saturated carbocycles. The number of thiophene rings is 1. The maximum Gasteiger partial charge on any atom is 0.247 e. The van der Waals surface area contributed by atoms with Gasteiger partial charge in [0, 0.05) is 36.4 Å². The number of hydrogen-bond acceptors (Lipinski definition) is 3. The van der Waals surface area contributed by atoms with E-state index in [1.807, 2.05) is 40.2 Å². The molecule has 0 radical (unpaired) electrons. The molecule has 1 aliphatic heterocycles. The molecular weight excluding hydrogens is 330 g/mol. The van der Waals surface area contributed by atoms with E-state index in [-0.39, 0.29) is 11.9 Å². The number of imidazole rings is 1. The number of nitrogens with zero attached hydrogens (tertiary/aromatic N) is 3. The van der Waals surface area contributed by atoms with Crippen LogP contribution in [-0.4, -0.2) is 26.9 Å². The van der Waals surface area contributed by atoms with Crippen LogP contribution in [-0.2, 0) is 11.3 Å². The van der Waals surface area contributed by atoms with E-state index in [0.29, 0.717) is 0 Å². The number of carbonyl (C=O) groups excluding carboxylic acids is 1. The molecular formula is C20H19N3OS. The van der Waals surface area contributed by atoms with Gasteiger partial charge >= 0.3 is 0 Å². The lowest BCUT2D eigenvalue weighted by molar-refractivity contribution is -0.126. The second-order valence-electron chi connectivity index (χ2n) is 6.07. The van der Waals surface area contributed by atoms with E-state index < -0.39 is 0 Å². The van der Waals surface area contributed by atoms with Gasteiger partial charge in [-0.2, -0.15) is 0 Å². The maximum atomic E-state index is 12.7. The Kier molecular flexibility index (Phi) is 4.48. The monoisotopic (exact) mass is 349 g/mol. The highest BCUT2D eigenvalue weighted by Gasteiger charge is 2.34. The quantitative estimate of drug-likeness (QED) is 0.674. The van der Waals surface area contributed by atoms with Crippen molar-refractivity contribution in [2.24, 2.45) is 0 Å². The summed E-state index contributed by atoms with van der Waals surface area (Å²) in [6.45, 7) is 1.59. The lowest BCUT2D eigenvalue weighted by Crippen LogP contribution is -2.30. The first-order valence-electron chi connectivity index (χ1n) is 8.40. The average Bonchev–Trinajstić information content (AvgIpc) is 3.38. The minimum Gasteiger partial charge on any atom is -0.337 e. The first-order chi connectivity index (χ1) is 12.3. The average molecular weight is 349 g/mol. The van der Waals surface area contributed by atoms with E-state index in [0.717, 1.165) is 30.6 Å². The van der Waals surface area contributed by atoms with Crippen molar-refractivity contribution in [1.29, 1.82) is 0 Å². The molecule has 0 saturated heterocycles. The molecule has 25 heavy (non-hydrogen) atoms. The number of aryl methyl sites for hydroxylation is 1. The maximum absolute atomic E-state index is 12.7. The zero-order valence-corrected chi connectivity index (χ0v) is 14.6. The number of hydrogen-bond donors (Lipinski definition) is 0. The molecule has 3 aromatic rings. The molecule has 2 aromatic heterocycles. The van der Waals surface area contributed by atoms with Crippen molar-refractivity contribution in [1.82, 2.24) is 14.5 Å². The van der Waals surface area contributed by atoms with E-state index in [4.69, 9.17) is 0 Å². The molecule has 0 N–H and O–H groups in total. The van der Waals surface area contributed by atoms with Crippen LogP contribution in [0.3, 0.4) is 0 Å². The van der Waals surface area contributed by atoms with Gasteiger partial charge in [-0.15, -0.1) is 11.3 Å². The Bertz CT molecular complexity index is 854. The summed E-state index contributed by atoms with van der Waals surface area (Å²) in [7, 11) is 0. The van der Waals surface area contributed by atoms with Crippen LogP contribution in [0.15, 0.2) is 72.6 Å². The van der Waals surface area contributed by atoms with E-state index in [9.17, 15) is 4.79 Å². The van der Waals surface area contributed by atoms with Crippen molar-refractivity contribution < 1.29 is 4.79 Å². The molecule has 4 nitrogen and oxygen atoms in total. The Hall–Kier alpha value is -2.66. The van der Waals surface area contributed by atoms with Crippen LogP contribution in [0.25, 0.3) is 5.57 Å². The van der Waals surface area contributed by atoms with Gasteiger partial charge in [-0.05, 0) is 29.0 Å². The standard InChI is InChI=1S/C20H19N3OS/c24-19-14-17(16-6-2-1-3-7-16)20(18-8-4-13-25-18)23(19)11-5-10-22-12-9-21-15-22/h1-4,6-9,12-15,20H,5,10-11H2. The minimum absolute atomic E-state index is 0.0117. The second-order valence-corrected chi connectivity index (χ2v) is 7.05. The summed E-state index contributed by atoms with van der Waals surface area (Å²) >= 11 is 1.71. The Labute approximate surface area is 151 Å². The van der Waals surface area contributed by atoms with Crippen molar-refractivity contribution in [3.05, 3.63) is 83.1 Å². The third-order valence-corrected chi connectivity index (χ3v) is 5.39. The molecule has 1 aromatic carbocycles. The molecule has 0 spiro atoms. The fourth-order valence-corrected chi connectivity index (χ4v) is 4.15. The highest BCUT2D eigenvalue weighted by atomic mass is 32.1. The summed E-state index contributed by atoms with van der Waals surface area (Å²) in [5, 5.41) is 2.07. The Morgan fingerprint density at radius 1 is 1.08 bits per heavy atom. The fraction of sp³-hybridized carbons (Fsp3) is 0.200. The predicted molar refractivity (Wildman–Crippen MR) is 100 cm³/mol. The Morgan fingerprint density at radius 3 is 2.68 bits per heavy atom. The third-order valence-electron chi connectivity index (χ3n) is 4.46. The lowest BCUT2D eigenvalue weighted by Gasteiger charge is -2.27. The summed E-state index contributed by atoms with van der Waals surface area (Å²) in [6, 6.07) is 14.4. The summed E-state index contributed by atoms with van der Waals surface area (Å²) in [5.74, 6) is 0.0999. The van der Waals surface area contributed by atoms with Gasteiger partial charge in [0.25, 0.3) is 0 Å². The van der Waals surface area contributed by atoms with Crippen LogP contribution in [0, 0.1) is 0 Å². The number of aromatic nitrogens is 2. The van der Waals surface area contributed by atoms with Crippen LogP contribution >= 0.6 is 11.3 Å². The van der Waals surface area contributed by atoms with Gasteiger partial charge in [-0.1, -0.05) is 36.4 Å². The lowest BCUT2D eigenvalue weighted by atomic mass is 9.99. The van der Waals surface area contributed by atoms with Crippen molar-refractivity contribution >= 4 is 22.8 Å². The van der Waals surface area contributed by atoms with E-state index in [2.05, 4.69) is 34.6 Å². The zero-order valence-electron chi connectivity index (χ0n) is 13.8. The highest BCUT2D eigenvalue weighted by molar-refractivity contribution is 7.10. The molecule has 4 rings (SSSR count). The number of amides is 1. The highest BCUT2D eigenvalue weighted by Crippen LogP contribution is 2.41. The van der Waals surface area contributed by atoms with Crippen LogP contribution in [0.1, 0.15) is 22.9 Å². The van der Waals surface area contributed by atoms with Gasteiger partial charge in [-0.25, -0.2) is 4.98 Å². The molecule has 1 aliphatic rings. The van der Waals surface area contributed by atoms with Crippen LogP contribution < -0.4 is 0 Å². The molecule has 5 heteroatoms. The van der Waals surface area contributed by atoms with Crippen LogP contribution in [0.5, 0.6) is 0 Å². The van der Waals surface area contributed by atoms with E-state index in [1.165, 1.54) is 4.88 Å². The van der Waals surface area contributed by atoms with Gasteiger partial charge in [0.05, 0.1) is 12.4 Å². The molecule has 1 amide bonds. The topological polar surface area (TPSA) is 38.1 Å². The van der Waals surface area contributed by atoms with Crippen molar-refractivity contribution in [2.75, 3.05) is 6.54 Å². The molecule has 0 aliphatic carbocycles. The number of benzene rings is 1. The van der Waals surface area contributed by atoms with Crippen molar-refractivity contribution in [3.8, 4) is 0 Å². The smallest absolute Gasteiger partial charge is 0.247 e. The van der Waals surface area contributed by atoms with Gasteiger partial charge in [0.1, 0.15) is 0 Å². The Morgan fingerprint density at radius 2 is 1.96 bits per heavy atom. The van der Waals surface area contributed by atoms with Crippen molar-refractivity contribution in [2.45, 2.75) is 19.0 Å². The van der Waals surface area contributed by atoms with E-state index >= 15 is 0 Å². The normalized spacial score (nSPS) is 17.1. The summed E-state index contributed by atoms with van der Waals surface area (Å²) in [6.07, 6.45) is 8.26. The number of rotatable bonds is 6. The number of carbonyl (C=O) groups is 1. The zero-order chi connectivity index (χ0) is 17.1. The summed E-state index contributed by atoms with van der Waals surface area (Å²) in [4.78, 5) is 20.0. The Balaban J connectivity index is 1.57. The second kappa shape index (κ2) is 7.07. The molecule has 0 bridgehead atoms. The van der Waals surface area contributed by atoms with Crippen LogP contribution in [0.4, 0.5) is 0 Å². The molecule has 0 fully saturated rings. The minimum atomic E-state index is 0.0117. The van der Waals surface area contributed by atoms with Crippen LogP contribution in [0.2, 0.25) is 0 Å². The third kappa shape index (κ3) is 3.28. The van der Waals surface area contributed by atoms with Gasteiger partial charge in [0.2, 0.25) is 5.91 Å². The largest absolute Gasteiger partial charge is 0.337 e. The van der Waals surface area contributed by atoms with Gasteiger partial charge < -0.3 is 9.47 Å². The fourth-order valence-electron chi connectivity index (χ4n) is 3.30. The summed E-state index contributed by atoms with van der Waals surface area (Å²) < 4.78 is 2.05. The molecule has 1 unspecified atom stereocenters. The molecule has 3 heterocycles. The summed E-state index contributed by atoms with van der Waals surface area (Å²) in [5.41, 5.74) is 2.21.